The first-order valence-electron chi connectivity index (χ1n) is 5.97. The van der Waals surface area contributed by atoms with Crippen molar-refractivity contribution in [3.63, 3.8) is 0 Å². The first-order valence-corrected chi connectivity index (χ1v) is 7.86. The Morgan fingerprint density at radius 1 is 1.43 bits per heavy atom. The molecule has 1 heterocycles. The SMILES string of the molecule is CS(=O)(=O)NCCNC(=O)NC(Cc1cnc[nH]1)C(=O)O. The molecule has 0 bridgehead atoms. The molecule has 1 unspecified atom stereocenters. The van der Waals surface area contributed by atoms with E-state index in [9.17, 15) is 18.0 Å². The van der Waals surface area contributed by atoms with E-state index in [0.717, 1.165) is 6.26 Å². The smallest absolute Gasteiger partial charge is 0.326 e. The number of aromatic amines is 1. The third-order valence-corrected chi connectivity index (χ3v) is 3.09. The zero-order valence-electron chi connectivity index (χ0n) is 11.3. The van der Waals surface area contributed by atoms with Gasteiger partial charge in [-0.15, -0.1) is 0 Å². The van der Waals surface area contributed by atoms with Crippen molar-refractivity contribution in [2.75, 3.05) is 19.3 Å². The fourth-order valence-corrected chi connectivity index (χ4v) is 1.91. The predicted molar refractivity (Wildman–Crippen MR) is 73.1 cm³/mol. The molecule has 10 nitrogen and oxygen atoms in total. The topological polar surface area (TPSA) is 153 Å². The van der Waals surface area contributed by atoms with Gasteiger partial charge in [-0.2, -0.15) is 0 Å². The van der Waals surface area contributed by atoms with E-state index in [4.69, 9.17) is 5.11 Å². The summed E-state index contributed by atoms with van der Waals surface area (Å²) < 4.78 is 23.8. The van der Waals surface area contributed by atoms with Gasteiger partial charge in [0.1, 0.15) is 6.04 Å². The number of rotatable bonds is 8. The zero-order chi connectivity index (χ0) is 15.9. The predicted octanol–water partition coefficient (Wildman–Crippen LogP) is -1.75. The minimum Gasteiger partial charge on any atom is -0.480 e. The Balaban J connectivity index is 2.37. The summed E-state index contributed by atoms with van der Waals surface area (Å²) in [6.07, 6.45) is 3.93. The number of sulfonamides is 1. The molecule has 0 aliphatic carbocycles. The van der Waals surface area contributed by atoms with Gasteiger partial charge in [-0.1, -0.05) is 0 Å². The number of nitrogens with zero attached hydrogens (tertiary/aromatic N) is 1. The molecule has 1 atom stereocenters. The summed E-state index contributed by atoms with van der Waals surface area (Å²) in [5.41, 5.74) is 0.571. The molecule has 0 radical (unpaired) electrons. The number of hydrogen-bond acceptors (Lipinski definition) is 5. The first-order chi connectivity index (χ1) is 9.78. The molecule has 1 aromatic heterocycles. The van der Waals surface area contributed by atoms with Gasteiger partial charge in [-0.25, -0.2) is 27.7 Å². The molecule has 2 amide bonds. The average molecular weight is 319 g/mol. The molecule has 0 aliphatic heterocycles. The number of urea groups is 1. The van der Waals surface area contributed by atoms with Crippen LogP contribution < -0.4 is 15.4 Å². The Labute approximate surface area is 121 Å². The van der Waals surface area contributed by atoms with Gasteiger partial charge in [0.15, 0.2) is 0 Å². The van der Waals surface area contributed by atoms with Crippen LogP contribution in [0.3, 0.4) is 0 Å². The Hall–Kier alpha value is -2.14. The fraction of sp³-hybridized carbons (Fsp3) is 0.500. The van der Waals surface area contributed by atoms with E-state index in [1.165, 1.54) is 12.5 Å². The summed E-state index contributed by atoms with van der Waals surface area (Å²) in [6.45, 7) is 0.0554. The second-order valence-electron chi connectivity index (χ2n) is 4.24. The number of hydrogen-bond donors (Lipinski definition) is 5. The highest BCUT2D eigenvalue weighted by atomic mass is 32.2. The van der Waals surface area contributed by atoms with Crippen molar-refractivity contribution in [1.29, 1.82) is 0 Å². The number of aromatic nitrogens is 2. The Morgan fingerprint density at radius 2 is 2.14 bits per heavy atom. The second kappa shape index (κ2) is 7.59. The normalized spacial score (nSPS) is 12.6. The number of H-pyrrole nitrogens is 1. The van der Waals surface area contributed by atoms with E-state index in [0.29, 0.717) is 5.69 Å². The van der Waals surface area contributed by atoms with Gasteiger partial charge in [0.2, 0.25) is 10.0 Å². The van der Waals surface area contributed by atoms with Crippen LogP contribution in [0, 0.1) is 0 Å². The third-order valence-electron chi connectivity index (χ3n) is 2.36. The van der Waals surface area contributed by atoms with Gasteiger partial charge >= 0.3 is 12.0 Å². The van der Waals surface area contributed by atoms with Crippen molar-refractivity contribution >= 4 is 22.0 Å². The van der Waals surface area contributed by atoms with E-state index in [2.05, 4.69) is 25.3 Å². The van der Waals surface area contributed by atoms with Crippen molar-refractivity contribution in [2.24, 2.45) is 0 Å². The molecular formula is C10H17N5O5S. The van der Waals surface area contributed by atoms with Gasteiger partial charge in [-0.3, -0.25) is 0 Å². The number of carboxylic acids is 1. The summed E-state index contributed by atoms with van der Waals surface area (Å²) in [5.74, 6) is -1.19. The molecule has 0 saturated heterocycles. The first kappa shape index (κ1) is 16.9. The number of carbonyl (C=O) groups is 2. The van der Waals surface area contributed by atoms with Crippen LogP contribution in [-0.2, 0) is 21.2 Å². The fourth-order valence-electron chi connectivity index (χ4n) is 1.44. The molecule has 1 aromatic rings. The Morgan fingerprint density at radius 3 is 2.67 bits per heavy atom. The van der Waals surface area contributed by atoms with Crippen LogP contribution in [0.5, 0.6) is 0 Å². The molecule has 21 heavy (non-hydrogen) atoms. The molecule has 5 N–H and O–H groups in total. The number of amides is 2. The maximum Gasteiger partial charge on any atom is 0.326 e. The summed E-state index contributed by atoms with van der Waals surface area (Å²) in [6, 6.07) is -1.81. The van der Waals surface area contributed by atoms with Crippen molar-refractivity contribution in [2.45, 2.75) is 12.5 Å². The highest BCUT2D eigenvalue weighted by molar-refractivity contribution is 7.88. The van der Waals surface area contributed by atoms with Crippen LogP contribution in [0.1, 0.15) is 5.69 Å². The number of carbonyl (C=O) groups excluding carboxylic acids is 1. The minimum atomic E-state index is -3.32. The highest BCUT2D eigenvalue weighted by Crippen LogP contribution is 1.98. The summed E-state index contributed by atoms with van der Waals surface area (Å²) >= 11 is 0. The number of aliphatic carboxylic acids is 1. The number of nitrogens with one attached hydrogen (secondary N) is 4. The van der Waals surface area contributed by atoms with Gasteiger partial charge in [0.25, 0.3) is 0 Å². The van der Waals surface area contributed by atoms with Gasteiger partial charge in [0, 0.05) is 31.4 Å². The summed E-state index contributed by atoms with van der Waals surface area (Å²) in [5, 5.41) is 13.7. The van der Waals surface area contributed by atoms with E-state index < -0.39 is 28.1 Å². The van der Waals surface area contributed by atoms with Crippen LogP contribution in [-0.4, -0.2) is 60.9 Å². The molecule has 0 aliphatic rings. The summed E-state index contributed by atoms with van der Waals surface area (Å²) in [4.78, 5) is 29.1. The second-order valence-corrected chi connectivity index (χ2v) is 6.07. The van der Waals surface area contributed by atoms with E-state index >= 15 is 0 Å². The maximum absolute atomic E-state index is 11.5. The lowest BCUT2D eigenvalue weighted by Crippen LogP contribution is -2.48. The monoisotopic (exact) mass is 319 g/mol. The standard InChI is InChI=1S/C10H17N5O5S/c1-21(19,20)14-3-2-12-10(18)15-8(9(16)17)4-7-5-11-6-13-7/h5-6,8,14H,2-4H2,1H3,(H,11,13)(H,16,17)(H2,12,15,18). The Kier molecular flexibility index (Phi) is 6.11. The number of imidazole rings is 1. The van der Waals surface area contributed by atoms with Crippen molar-refractivity contribution in [3.8, 4) is 0 Å². The molecule has 0 saturated carbocycles. The Bertz CT molecular complexity index is 571. The third kappa shape index (κ3) is 7.27. The zero-order valence-corrected chi connectivity index (χ0v) is 12.1. The molecule has 0 aromatic carbocycles. The lowest BCUT2D eigenvalue weighted by Gasteiger charge is -2.14. The van der Waals surface area contributed by atoms with Crippen molar-refractivity contribution < 1.29 is 23.1 Å². The lowest BCUT2D eigenvalue weighted by molar-refractivity contribution is -0.139. The van der Waals surface area contributed by atoms with E-state index in [1.807, 2.05) is 0 Å². The average Bonchev–Trinajstić information content (AvgIpc) is 2.85. The van der Waals surface area contributed by atoms with Crippen molar-refractivity contribution in [1.82, 2.24) is 25.3 Å². The van der Waals surface area contributed by atoms with Gasteiger partial charge in [0.05, 0.1) is 12.6 Å². The van der Waals surface area contributed by atoms with Crippen LogP contribution >= 0.6 is 0 Å². The largest absolute Gasteiger partial charge is 0.480 e. The summed E-state index contributed by atoms with van der Waals surface area (Å²) in [7, 11) is -3.32. The van der Waals surface area contributed by atoms with Crippen LogP contribution in [0.2, 0.25) is 0 Å². The van der Waals surface area contributed by atoms with Crippen LogP contribution in [0.15, 0.2) is 12.5 Å². The van der Waals surface area contributed by atoms with Gasteiger partial charge < -0.3 is 20.7 Å². The van der Waals surface area contributed by atoms with Gasteiger partial charge in [-0.05, 0) is 0 Å². The van der Waals surface area contributed by atoms with Crippen molar-refractivity contribution in [3.05, 3.63) is 18.2 Å². The molecule has 0 spiro atoms. The van der Waals surface area contributed by atoms with Crippen LogP contribution in [0.25, 0.3) is 0 Å². The molecule has 118 valence electrons. The molecule has 0 fully saturated rings. The quantitative estimate of drug-likeness (QED) is 0.358. The molecule has 1 rings (SSSR count). The van der Waals surface area contributed by atoms with E-state index in [1.54, 1.807) is 0 Å². The van der Waals surface area contributed by atoms with E-state index in [-0.39, 0.29) is 19.5 Å². The minimum absolute atomic E-state index is 0.0184. The van der Waals surface area contributed by atoms with Crippen LogP contribution in [0.4, 0.5) is 4.79 Å². The highest BCUT2D eigenvalue weighted by Gasteiger charge is 2.20. The molecular weight excluding hydrogens is 302 g/mol. The maximum atomic E-state index is 11.5. The lowest BCUT2D eigenvalue weighted by atomic mass is 10.2. The number of carboxylic acid groups (broad SMARTS) is 1. The molecule has 11 heteroatoms.